The molecule has 5 aliphatic carbocycles. The Labute approximate surface area is 257 Å². The Morgan fingerprint density at radius 3 is 2.28 bits per heavy atom. The fourth-order valence-corrected chi connectivity index (χ4v) is 12.2. The molecule has 1 heterocycles. The molecule has 0 radical (unpaired) electrons. The molecule has 0 unspecified atom stereocenters. The molecule has 8 nitrogen and oxygen atoms in total. The Morgan fingerprint density at radius 1 is 0.953 bits per heavy atom. The van der Waals surface area contributed by atoms with Crippen LogP contribution in [0.1, 0.15) is 106 Å². The summed E-state index contributed by atoms with van der Waals surface area (Å²) in [6.07, 6.45) is 5.57. The highest BCUT2D eigenvalue weighted by molar-refractivity contribution is 5.77. The van der Waals surface area contributed by atoms with Gasteiger partial charge in [0.2, 0.25) is 0 Å². The van der Waals surface area contributed by atoms with Crippen LogP contribution in [0.4, 0.5) is 0 Å². The van der Waals surface area contributed by atoms with E-state index in [1.54, 1.807) is 0 Å². The predicted molar refractivity (Wildman–Crippen MR) is 161 cm³/mol. The number of allylic oxidation sites excluding steroid dienone is 1. The lowest BCUT2D eigenvalue weighted by atomic mass is 9.33. The van der Waals surface area contributed by atoms with Gasteiger partial charge in [0.15, 0.2) is 6.29 Å². The van der Waals surface area contributed by atoms with Gasteiger partial charge in [0, 0.05) is 5.92 Å². The molecule has 244 valence electrons. The van der Waals surface area contributed by atoms with Crippen molar-refractivity contribution in [1.29, 1.82) is 0 Å². The first-order valence-electron chi connectivity index (χ1n) is 16.9. The zero-order valence-corrected chi connectivity index (χ0v) is 27.3. The third-order valence-electron chi connectivity index (χ3n) is 15.2. The Balaban J connectivity index is 1.33. The maximum absolute atomic E-state index is 13.0. The third-order valence-corrected chi connectivity index (χ3v) is 15.2. The molecule has 6 rings (SSSR count). The van der Waals surface area contributed by atoms with Crippen molar-refractivity contribution in [2.24, 2.45) is 50.7 Å². The highest BCUT2D eigenvalue weighted by Gasteiger charge is 2.71. The molecule has 8 heteroatoms. The lowest BCUT2D eigenvalue weighted by Crippen LogP contribution is -2.67. The van der Waals surface area contributed by atoms with Crippen LogP contribution < -0.4 is 0 Å². The zero-order chi connectivity index (χ0) is 31.5. The lowest BCUT2D eigenvalue weighted by molar-refractivity contribution is -0.260. The summed E-state index contributed by atoms with van der Waals surface area (Å²) in [4.78, 5) is 13.0. The van der Waals surface area contributed by atoms with Crippen molar-refractivity contribution in [3.8, 4) is 0 Å². The van der Waals surface area contributed by atoms with E-state index < -0.39 is 41.6 Å². The summed E-state index contributed by atoms with van der Waals surface area (Å²) in [6.45, 7) is 15.5. The molecule has 1 saturated heterocycles. The second kappa shape index (κ2) is 9.98. The number of carboxylic acid groups (broad SMARTS) is 1. The molecule has 5 N–H and O–H groups in total. The summed E-state index contributed by atoms with van der Waals surface area (Å²) in [5.74, 6) is -0.305. The number of aliphatic hydroxyl groups is 4. The monoisotopic (exact) mass is 604 g/mol. The molecule has 14 atom stereocenters. The van der Waals surface area contributed by atoms with Crippen molar-refractivity contribution < 1.29 is 39.8 Å². The van der Waals surface area contributed by atoms with E-state index in [9.17, 15) is 30.3 Å². The van der Waals surface area contributed by atoms with Crippen LogP contribution in [0.15, 0.2) is 11.6 Å². The van der Waals surface area contributed by atoms with Crippen LogP contribution in [0.3, 0.4) is 0 Å². The number of rotatable bonds is 4. The van der Waals surface area contributed by atoms with Crippen LogP contribution in [-0.4, -0.2) is 74.4 Å². The van der Waals surface area contributed by atoms with Crippen LogP contribution in [0, 0.1) is 50.7 Å². The zero-order valence-electron chi connectivity index (χ0n) is 27.3. The number of aliphatic hydroxyl groups excluding tert-OH is 3. The van der Waals surface area contributed by atoms with Gasteiger partial charge < -0.3 is 35.0 Å². The summed E-state index contributed by atoms with van der Waals surface area (Å²) >= 11 is 0. The Morgan fingerprint density at radius 2 is 1.65 bits per heavy atom. The summed E-state index contributed by atoms with van der Waals surface area (Å²) in [5, 5.41) is 53.1. The van der Waals surface area contributed by atoms with Crippen LogP contribution >= 0.6 is 0 Å². The topological polar surface area (TPSA) is 137 Å². The van der Waals surface area contributed by atoms with Crippen molar-refractivity contribution >= 4 is 5.97 Å². The maximum atomic E-state index is 13.0. The van der Waals surface area contributed by atoms with Crippen LogP contribution in [0.2, 0.25) is 0 Å². The molecule has 0 aromatic carbocycles. The highest BCUT2D eigenvalue weighted by atomic mass is 16.7. The van der Waals surface area contributed by atoms with E-state index in [0.717, 1.165) is 44.9 Å². The lowest BCUT2D eigenvalue weighted by Gasteiger charge is -2.72. The summed E-state index contributed by atoms with van der Waals surface area (Å²) < 4.78 is 12.1. The molecule has 1 aliphatic heterocycles. The van der Waals surface area contributed by atoms with Gasteiger partial charge in [-0.05, 0) is 104 Å². The van der Waals surface area contributed by atoms with Crippen molar-refractivity contribution in [1.82, 2.24) is 0 Å². The fourth-order valence-electron chi connectivity index (χ4n) is 12.2. The van der Waals surface area contributed by atoms with E-state index >= 15 is 0 Å². The molecule has 0 bridgehead atoms. The second-order valence-electron chi connectivity index (χ2n) is 17.0. The number of carboxylic acids is 1. The quantitative estimate of drug-likeness (QED) is 0.292. The van der Waals surface area contributed by atoms with Gasteiger partial charge in [-0.15, -0.1) is 0 Å². The smallest absolute Gasteiger partial charge is 0.310 e. The highest BCUT2D eigenvalue weighted by Crippen LogP contribution is 2.76. The average Bonchev–Trinajstić information content (AvgIpc) is 3.20. The van der Waals surface area contributed by atoms with E-state index in [2.05, 4.69) is 47.6 Å². The Bertz CT molecular complexity index is 1160. The minimum Gasteiger partial charge on any atom is -0.481 e. The molecule has 0 amide bonds. The van der Waals surface area contributed by atoms with Crippen molar-refractivity contribution in [3.63, 3.8) is 0 Å². The molecule has 0 aromatic heterocycles. The van der Waals surface area contributed by atoms with Gasteiger partial charge >= 0.3 is 5.97 Å². The van der Waals surface area contributed by atoms with Gasteiger partial charge in [0.25, 0.3) is 0 Å². The van der Waals surface area contributed by atoms with E-state index in [-0.39, 0.29) is 46.2 Å². The maximum Gasteiger partial charge on any atom is 0.310 e. The van der Waals surface area contributed by atoms with Gasteiger partial charge in [-0.2, -0.15) is 0 Å². The normalized spacial score (nSPS) is 55.8. The van der Waals surface area contributed by atoms with Gasteiger partial charge in [0.05, 0.1) is 23.7 Å². The van der Waals surface area contributed by atoms with Crippen LogP contribution in [-0.2, 0) is 14.3 Å². The standard InChI is InChI=1S/C35H56O8/c1-19-10-15-35(29(39)40)17-16-32(5)20(27(35)34(19,7)41)8-9-23-31(4)13-12-24(30(2,3)22(31)11-14-33(23,32)6)43-28-26(38)25(37)21(18-36)42-28/h8,19,21-28,36-38,41H,9-18H2,1-7H3,(H,39,40)/t19-,21-,22+,23-,24+,25-,26+,27-,28-,31+,32-,33-,34-,35+/m1/s1. The molecular formula is C35H56O8. The van der Waals surface area contributed by atoms with E-state index in [1.165, 1.54) is 5.57 Å². The van der Waals surface area contributed by atoms with Crippen molar-refractivity contribution in [2.75, 3.05) is 6.61 Å². The summed E-state index contributed by atoms with van der Waals surface area (Å²) in [7, 11) is 0. The average molecular weight is 605 g/mol. The van der Waals surface area contributed by atoms with E-state index in [1.807, 2.05) is 6.92 Å². The Hall–Kier alpha value is -1.03. The first-order valence-corrected chi connectivity index (χ1v) is 16.9. The number of ether oxygens (including phenoxy) is 2. The van der Waals surface area contributed by atoms with Gasteiger partial charge in [0.1, 0.15) is 18.3 Å². The van der Waals surface area contributed by atoms with Gasteiger partial charge in [-0.3, -0.25) is 4.79 Å². The minimum atomic E-state index is -1.19. The molecule has 5 fully saturated rings. The van der Waals surface area contributed by atoms with Gasteiger partial charge in [-0.1, -0.05) is 53.2 Å². The first-order chi connectivity index (χ1) is 19.9. The van der Waals surface area contributed by atoms with E-state index in [0.29, 0.717) is 24.7 Å². The van der Waals surface area contributed by atoms with Crippen molar-refractivity contribution in [2.45, 2.75) is 143 Å². The third kappa shape index (κ3) is 4.05. The summed E-state index contributed by atoms with van der Waals surface area (Å²) in [6, 6.07) is 0. The van der Waals surface area contributed by atoms with Crippen LogP contribution in [0.5, 0.6) is 0 Å². The first kappa shape index (κ1) is 31.9. The fraction of sp³-hybridized carbons (Fsp3) is 0.914. The molecule has 0 aromatic rings. The molecular weight excluding hydrogens is 548 g/mol. The number of aliphatic carboxylic acids is 1. The molecule has 43 heavy (non-hydrogen) atoms. The van der Waals surface area contributed by atoms with Crippen LogP contribution in [0.25, 0.3) is 0 Å². The predicted octanol–water partition coefficient (Wildman–Crippen LogP) is 4.67. The number of carbonyl (C=O) groups is 1. The second-order valence-corrected chi connectivity index (χ2v) is 17.0. The molecule has 6 aliphatic rings. The number of hydrogen-bond donors (Lipinski definition) is 5. The van der Waals surface area contributed by atoms with Crippen molar-refractivity contribution in [3.05, 3.63) is 11.6 Å². The SMILES string of the molecule is C[C@@H]1CC[C@]2(C(=O)O)CC[C@]3(C)C(=CC[C@@H]4[C@@]5(C)CC[C@H](O[C@H]6O[C@H](CO)[C@@H](O)[C@@H]6O)C(C)(C)[C@@H]5CC[C@]43C)[C@@H]2[C@]1(C)O. The molecule has 4 saturated carbocycles. The minimum absolute atomic E-state index is 0.0310. The number of hydrogen-bond acceptors (Lipinski definition) is 7. The van der Waals surface area contributed by atoms with Gasteiger partial charge in [-0.25, -0.2) is 0 Å². The number of fused-ring (bicyclic) bond motifs is 7. The summed E-state index contributed by atoms with van der Waals surface area (Å²) in [5.41, 5.74) is -1.16. The molecule has 0 spiro atoms. The Kier molecular flexibility index (Phi) is 7.41. The largest absolute Gasteiger partial charge is 0.481 e. The van der Waals surface area contributed by atoms with E-state index in [4.69, 9.17) is 9.47 Å².